The van der Waals surface area contributed by atoms with Gasteiger partial charge in [0.15, 0.2) is 11.7 Å². The maximum Gasteiger partial charge on any atom is 0.191 e. The smallest absolute Gasteiger partial charge is 0.191 e. The molecular weight excluding hydrogens is 356 g/mol. The first-order chi connectivity index (χ1) is 13.7. The Morgan fingerprint density at radius 1 is 1.29 bits per heavy atom. The Morgan fingerprint density at radius 3 is 2.86 bits per heavy atom. The molecule has 1 aliphatic rings. The van der Waals surface area contributed by atoms with Crippen molar-refractivity contribution in [2.24, 2.45) is 4.99 Å². The van der Waals surface area contributed by atoms with Crippen LogP contribution in [0.25, 0.3) is 0 Å². The topological polar surface area (TPSA) is 80.9 Å². The molecule has 7 nitrogen and oxygen atoms in total. The van der Waals surface area contributed by atoms with Gasteiger partial charge in [0.25, 0.3) is 0 Å². The van der Waals surface area contributed by atoms with Crippen LogP contribution in [0.2, 0.25) is 0 Å². The predicted octanol–water partition coefficient (Wildman–Crippen LogP) is 2.97. The van der Waals surface area contributed by atoms with E-state index in [9.17, 15) is 0 Å². The lowest BCUT2D eigenvalue weighted by molar-refractivity contribution is 0.0676. The van der Waals surface area contributed by atoms with Gasteiger partial charge < -0.3 is 24.6 Å². The molecule has 2 N–H and O–H groups in total. The van der Waals surface area contributed by atoms with Crippen molar-refractivity contribution in [1.29, 1.82) is 0 Å². The quantitative estimate of drug-likeness (QED) is 0.536. The van der Waals surface area contributed by atoms with Crippen molar-refractivity contribution in [1.82, 2.24) is 15.8 Å². The molecule has 7 heteroatoms. The van der Waals surface area contributed by atoms with E-state index in [1.54, 1.807) is 7.05 Å². The number of aromatic nitrogens is 1. The zero-order valence-electron chi connectivity index (χ0n) is 17.0. The summed E-state index contributed by atoms with van der Waals surface area (Å²) in [6.45, 7) is 6.69. The Balaban J connectivity index is 1.54. The summed E-state index contributed by atoms with van der Waals surface area (Å²) in [5.41, 5.74) is 3.21. The Bertz CT molecular complexity index is 782. The molecule has 3 rings (SSSR count). The van der Waals surface area contributed by atoms with Gasteiger partial charge in [-0.25, -0.2) is 0 Å². The molecule has 0 saturated carbocycles. The largest absolute Gasteiger partial charge is 0.491 e. The van der Waals surface area contributed by atoms with E-state index >= 15 is 0 Å². The molecule has 0 bridgehead atoms. The summed E-state index contributed by atoms with van der Waals surface area (Å²) >= 11 is 0. The molecule has 1 aromatic heterocycles. The van der Waals surface area contributed by atoms with Crippen LogP contribution in [0.1, 0.15) is 42.3 Å². The van der Waals surface area contributed by atoms with Crippen molar-refractivity contribution in [3.63, 3.8) is 0 Å². The lowest BCUT2D eigenvalue weighted by Crippen LogP contribution is -2.36. The molecule has 0 spiro atoms. The number of aryl methyl sites for hydroxylation is 2. The number of guanidine groups is 1. The van der Waals surface area contributed by atoms with Gasteiger partial charge in [0.1, 0.15) is 12.4 Å². The molecule has 2 heterocycles. The zero-order chi connectivity index (χ0) is 19.8. The minimum atomic E-state index is 0.200. The van der Waals surface area contributed by atoms with Gasteiger partial charge in [-0.1, -0.05) is 24.2 Å². The number of rotatable bonds is 8. The lowest BCUT2D eigenvalue weighted by Gasteiger charge is -2.17. The number of benzene rings is 1. The maximum absolute atomic E-state index is 6.06. The van der Waals surface area contributed by atoms with Crippen LogP contribution in [0.4, 0.5) is 0 Å². The predicted molar refractivity (Wildman–Crippen MR) is 109 cm³/mol. The molecule has 1 atom stereocenters. The van der Waals surface area contributed by atoms with Crippen molar-refractivity contribution in [2.45, 2.75) is 52.3 Å². The first-order valence-corrected chi connectivity index (χ1v) is 9.91. The summed E-state index contributed by atoms with van der Waals surface area (Å²) in [5, 5.41) is 10.6. The molecule has 152 valence electrons. The van der Waals surface area contributed by atoms with Gasteiger partial charge in [0.05, 0.1) is 18.3 Å². The molecule has 1 aliphatic heterocycles. The van der Waals surface area contributed by atoms with Gasteiger partial charge in [-0.3, -0.25) is 4.99 Å². The minimum absolute atomic E-state index is 0.200. The van der Waals surface area contributed by atoms with E-state index in [2.05, 4.69) is 52.8 Å². The van der Waals surface area contributed by atoms with Crippen molar-refractivity contribution < 1.29 is 14.0 Å². The Labute approximate surface area is 166 Å². The standard InChI is InChI=1S/C21H30N4O3/c1-4-17-11-19(28-25-17)13-24-21(22-3)23-12-16-8-7-15(2)10-20(16)27-14-18-6-5-9-26-18/h7-8,10-11,18H,4-6,9,12-14H2,1-3H3,(H2,22,23,24). The molecule has 28 heavy (non-hydrogen) atoms. The number of ether oxygens (including phenoxy) is 2. The Kier molecular flexibility index (Phi) is 7.31. The van der Waals surface area contributed by atoms with Crippen LogP contribution in [0.3, 0.4) is 0 Å². The van der Waals surface area contributed by atoms with Crippen LogP contribution in [0, 0.1) is 6.92 Å². The number of hydrogen-bond donors (Lipinski definition) is 2. The van der Waals surface area contributed by atoms with Gasteiger partial charge >= 0.3 is 0 Å². The van der Waals surface area contributed by atoms with Gasteiger partial charge in [-0.05, 0) is 37.8 Å². The third-order valence-electron chi connectivity index (χ3n) is 4.74. The van der Waals surface area contributed by atoms with E-state index in [4.69, 9.17) is 14.0 Å². The average Bonchev–Trinajstić information content (AvgIpc) is 3.39. The van der Waals surface area contributed by atoms with E-state index in [1.165, 1.54) is 5.56 Å². The van der Waals surface area contributed by atoms with Gasteiger partial charge in [-0.2, -0.15) is 0 Å². The van der Waals surface area contributed by atoms with E-state index in [1.807, 2.05) is 6.07 Å². The van der Waals surface area contributed by atoms with Crippen LogP contribution in [0.5, 0.6) is 5.75 Å². The Morgan fingerprint density at radius 2 is 2.14 bits per heavy atom. The van der Waals surface area contributed by atoms with Crippen molar-refractivity contribution >= 4 is 5.96 Å². The second-order valence-electron chi connectivity index (χ2n) is 6.97. The highest BCUT2D eigenvalue weighted by molar-refractivity contribution is 5.79. The van der Waals surface area contributed by atoms with Gasteiger partial charge in [0, 0.05) is 31.8 Å². The summed E-state index contributed by atoms with van der Waals surface area (Å²) in [4.78, 5) is 4.27. The summed E-state index contributed by atoms with van der Waals surface area (Å²) in [6.07, 6.45) is 3.24. The normalized spacial score (nSPS) is 17.0. The minimum Gasteiger partial charge on any atom is -0.491 e. The van der Waals surface area contributed by atoms with E-state index < -0.39 is 0 Å². The average molecular weight is 386 g/mol. The highest BCUT2D eigenvalue weighted by Gasteiger charge is 2.17. The summed E-state index contributed by atoms with van der Waals surface area (Å²) in [6, 6.07) is 8.21. The summed E-state index contributed by atoms with van der Waals surface area (Å²) < 4.78 is 17.0. The van der Waals surface area contributed by atoms with Crippen LogP contribution < -0.4 is 15.4 Å². The first kappa shape index (κ1) is 20.2. The lowest BCUT2D eigenvalue weighted by atomic mass is 10.1. The van der Waals surface area contributed by atoms with Crippen molar-refractivity contribution in [3.05, 3.63) is 46.8 Å². The number of hydrogen-bond acceptors (Lipinski definition) is 5. The molecule has 1 unspecified atom stereocenters. The number of nitrogens with zero attached hydrogens (tertiary/aromatic N) is 2. The van der Waals surface area contributed by atoms with E-state index in [-0.39, 0.29) is 6.10 Å². The third kappa shape index (κ3) is 5.73. The maximum atomic E-state index is 6.06. The monoisotopic (exact) mass is 386 g/mol. The molecule has 0 amide bonds. The molecule has 1 fully saturated rings. The fourth-order valence-electron chi connectivity index (χ4n) is 3.08. The molecule has 2 aromatic rings. The van der Waals surface area contributed by atoms with E-state index in [0.29, 0.717) is 25.7 Å². The highest BCUT2D eigenvalue weighted by atomic mass is 16.5. The van der Waals surface area contributed by atoms with Crippen molar-refractivity contribution in [3.8, 4) is 5.75 Å². The first-order valence-electron chi connectivity index (χ1n) is 9.91. The third-order valence-corrected chi connectivity index (χ3v) is 4.74. The summed E-state index contributed by atoms with van der Waals surface area (Å²) in [7, 11) is 1.75. The second kappa shape index (κ2) is 10.1. The highest BCUT2D eigenvalue weighted by Crippen LogP contribution is 2.22. The molecular formula is C21H30N4O3. The van der Waals surface area contributed by atoms with Gasteiger partial charge in [0.2, 0.25) is 0 Å². The Hall–Kier alpha value is -2.54. The molecule has 0 aliphatic carbocycles. The van der Waals surface area contributed by atoms with Gasteiger partial charge in [-0.15, -0.1) is 0 Å². The fraction of sp³-hybridized carbons (Fsp3) is 0.524. The SMILES string of the molecule is CCc1cc(CNC(=NC)NCc2ccc(C)cc2OCC2CCCO2)on1. The van der Waals surface area contributed by atoms with Crippen molar-refractivity contribution in [2.75, 3.05) is 20.3 Å². The van der Waals surface area contributed by atoms with Crippen LogP contribution in [-0.2, 0) is 24.2 Å². The number of aliphatic imine (C=N–C) groups is 1. The second-order valence-corrected chi connectivity index (χ2v) is 6.97. The molecule has 0 radical (unpaired) electrons. The van der Waals surface area contributed by atoms with E-state index in [0.717, 1.165) is 48.6 Å². The zero-order valence-corrected chi connectivity index (χ0v) is 17.0. The number of nitrogens with one attached hydrogen (secondary N) is 2. The fourth-order valence-corrected chi connectivity index (χ4v) is 3.08. The van der Waals surface area contributed by atoms with Crippen LogP contribution >= 0.6 is 0 Å². The summed E-state index contributed by atoms with van der Waals surface area (Å²) in [5.74, 6) is 2.37. The van der Waals surface area contributed by atoms with Crippen LogP contribution in [-0.4, -0.2) is 37.5 Å². The molecule has 1 aromatic carbocycles. The molecule has 1 saturated heterocycles. The van der Waals surface area contributed by atoms with Crippen LogP contribution in [0.15, 0.2) is 33.8 Å².